The standard InChI is InChI=1S/C25H26N2O4S/c1-19(20-7-3-2-4-8-20)26-32(29,30)24-13-11-23(12-14-24)31-18-25(28)27-16-15-21-9-5-6-10-22(21)17-27/h2-14,19,26H,15-18H2,1H3. The molecule has 0 spiro atoms. The van der Waals surface area contributed by atoms with Gasteiger partial charge in [0.2, 0.25) is 10.0 Å². The van der Waals surface area contributed by atoms with Gasteiger partial charge in [-0.15, -0.1) is 0 Å². The lowest BCUT2D eigenvalue weighted by atomic mass is 10.00. The number of nitrogens with zero attached hydrogens (tertiary/aromatic N) is 1. The molecule has 0 saturated heterocycles. The molecule has 32 heavy (non-hydrogen) atoms. The summed E-state index contributed by atoms with van der Waals surface area (Å²) in [4.78, 5) is 14.5. The summed E-state index contributed by atoms with van der Waals surface area (Å²) in [5, 5.41) is 0. The predicted molar refractivity (Wildman–Crippen MR) is 123 cm³/mol. The molecule has 1 atom stereocenters. The molecule has 166 valence electrons. The molecule has 1 heterocycles. The van der Waals surface area contributed by atoms with Crippen LogP contribution >= 0.6 is 0 Å². The molecule has 0 bridgehead atoms. The minimum atomic E-state index is -3.68. The van der Waals surface area contributed by atoms with E-state index in [0.717, 1.165) is 12.0 Å². The summed E-state index contributed by atoms with van der Waals surface area (Å²) in [7, 11) is -3.68. The summed E-state index contributed by atoms with van der Waals surface area (Å²) in [5.74, 6) is 0.361. The van der Waals surface area contributed by atoms with Crippen molar-refractivity contribution in [3.8, 4) is 5.75 Å². The van der Waals surface area contributed by atoms with Gasteiger partial charge in [-0.05, 0) is 54.3 Å². The molecule has 1 aliphatic heterocycles. The molecule has 0 radical (unpaired) electrons. The number of hydrogen-bond acceptors (Lipinski definition) is 4. The second-order valence-corrected chi connectivity index (χ2v) is 9.56. The van der Waals surface area contributed by atoms with Gasteiger partial charge in [0.1, 0.15) is 5.75 Å². The maximum atomic E-state index is 12.7. The SMILES string of the molecule is CC(NS(=O)(=O)c1ccc(OCC(=O)N2CCc3ccccc3C2)cc1)c1ccccc1. The fourth-order valence-corrected chi connectivity index (χ4v) is 5.00. The van der Waals surface area contributed by atoms with Crippen molar-refractivity contribution in [1.82, 2.24) is 9.62 Å². The summed E-state index contributed by atoms with van der Waals surface area (Å²) >= 11 is 0. The zero-order valence-corrected chi connectivity index (χ0v) is 18.7. The van der Waals surface area contributed by atoms with Gasteiger partial charge in [0, 0.05) is 19.1 Å². The normalized spacial score (nSPS) is 14.5. The first kappa shape index (κ1) is 22.0. The van der Waals surface area contributed by atoms with Crippen LogP contribution in [-0.4, -0.2) is 32.4 Å². The molecule has 1 N–H and O–H groups in total. The number of ether oxygens (including phenoxy) is 1. The third kappa shape index (κ3) is 5.18. The lowest BCUT2D eigenvalue weighted by Crippen LogP contribution is -2.38. The molecule has 0 aliphatic carbocycles. The van der Waals surface area contributed by atoms with E-state index in [2.05, 4.69) is 10.8 Å². The van der Waals surface area contributed by atoms with Crippen molar-refractivity contribution in [2.75, 3.05) is 13.2 Å². The van der Waals surface area contributed by atoms with E-state index >= 15 is 0 Å². The molecular formula is C25H26N2O4S. The Labute approximate surface area is 188 Å². The third-order valence-electron chi connectivity index (χ3n) is 5.61. The second-order valence-electron chi connectivity index (χ2n) is 7.85. The highest BCUT2D eigenvalue weighted by Gasteiger charge is 2.21. The van der Waals surface area contributed by atoms with Gasteiger partial charge in [-0.2, -0.15) is 0 Å². The molecule has 0 saturated carbocycles. The van der Waals surface area contributed by atoms with Crippen LogP contribution in [0.1, 0.15) is 29.7 Å². The van der Waals surface area contributed by atoms with Crippen molar-refractivity contribution < 1.29 is 17.9 Å². The van der Waals surface area contributed by atoms with E-state index in [1.165, 1.54) is 23.3 Å². The fraction of sp³-hybridized carbons (Fsp3) is 0.240. The first-order valence-electron chi connectivity index (χ1n) is 10.6. The second kappa shape index (κ2) is 9.54. The predicted octanol–water partition coefficient (Wildman–Crippen LogP) is 3.69. The highest BCUT2D eigenvalue weighted by molar-refractivity contribution is 7.89. The van der Waals surface area contributed by atoms with Gasteiger partial charge >= 0.3 is 0 Å². The van der Waals surface area contributed by atoms with E-state index in [4.69, 9.17) is 4.74 Å². The van der Waals surface area contributed by atoms with Crippen LogP contribution in [0.25, 0.3) is 0 Å². The largest absolute Gasteiger partial charge is 0.484 e. The minimum Gasteiger partial charge on any atom is -0.484 e. The Morgan fingerprint density at radius 1 is 0.969 bits per heavy atom. The van der Waals surface area contributed by atoms with Crippen molar-refractivity contribution in [1.29, 1.82) is 0 Å². The van der Waals surface area contributed by atoms with Crippen molar-refractivity contribution in [2.24, 2.45) is 0 Å². The van der Waals surface area contributed by atoms with Crippen molar-refractivity contribution in [2.45, 2.75) is 30.8 Å². The Bertz CT molecular complexity index is 1180. The Kier molecular flexibility index (Phi) is 6.58. The first-order valence-corrected chi connectivity index (χ1v) is 12.1. The third-order valence-corrected chi connectivity index (χ3v) is 7.17. The summed E-state index contributed by atoms with van der Waals surface area (Å²) in [6.07, 6.45) is 0.836. The van der Waals surface area contributed by atoms with E-state index < -0.39 is 10.0 Å². The Balaban J connectivity index is 1.33. The number of hydrogen-bond donors (Lipinski definition) is 1. The molecule has 0 aromatic heterocycles. The van der Waals surface area contributed by atoms with Crippen LogP contribution in [0, 0.1) is 0 Å². The molecule has 7 heteroatoms. The molecule has 3 aromatic carbocycles. The van der Waals surface area contributed by atoms with Crippen LogP contribution in [0.5, 0.6) is 5.75 Å². The summed E-state index contributed by atoms with van der Waals surface area (Å²) in [6, 6.07) is 23.3. The monoisotopic (exact) mass is 450 g/mol. The number of benzene rings is 3. The number of rotatable bonds is 7. The molecule has 1 amide bonds. The van der Waals surface area contributed by atoms with Crippen LogP contribution in [0.3, 0.4) is 0 Å². The quantitative estimate of drug-likeness (QED) is 0.596. The zero-order valence-electron chi connectivity index (χ0n) is 17.9. The Morgan fingerprint density at radius 3 is 2.34 bits per heavy atom. The molecule has 1 unspecified atom stereocenters. The van der Waals surface area contributed by atoms with Gasteiger partial charge in [-0.3, -0.25) is 4.79 Å². The number of carbonyl (C=O) groups excluding carboxylic acids is 1. The van der Waals surface area contributed by atoms with Crippen molar-refractivity contribution in [3.05, 3.63) is 95.6 Å². The van der Waals surface area contributed by atoms with Gasteiger partial charge < -0.3 is 9.64 Å². The van der Waals surface area contributed by atoms with E-state index in [1.54, 1.807) is 24.0 Å². The van der Waals surface area contributed by atoms with Crippen molar-refractivity contribution in [3.63, 3.8) is 0 Å². The number of fused-ring (bicyclic) bond motifs is 1. The maximum Gasteiger partial charge on any atom is 0.260 e. The number of carbonyl (C=O) groups is 1. The zero-order chi connectivity index (χ0) is 22.6. The van der Waals surface area contributed by atoms with Gasteiger partial charge in [-0.25, -0.2) is 13.1 Å². The van der Waals surface area contributed by atoms with E-state index in [-0.39, 0.29) is 23.5 Å². The van der Waals surface area contributed by atoms with Gasteiger partial charge in [-0.1, -0.05) is 54.6 Å². The Hall–Kier alpha value is -3.16. The highest BCUT2D eigenvalue weighted by atomic mass is 32.2. The lowest BCUT2D eigenvalue weighted by Gasteiger charge is -2.28. The lowest BCUT2D eigenvalue weighted by molar-refractivity contribution is -0.134. The topological polar surface area (TPSA) is 75.7 Å². The molecule has 4 rings (SSSR count). The van der Waals surface area contributed by atoms with E-state index in [9.17, 15) is 13.2 Å². The van der Waals surface area contributed by atoms with E-state index in [0.29, 0.717) is 18.8 Å². The highest BCUT2D eigenvalue weighted by Crippen LogP contribution is 2.21. The average molecular weight is 451 g/mol. The fourth-order valence-electron chi connectivity index (χ4n) is 3.77. The van der Waals surface area contributed by atoms with Crippen LogP contribution < -0.4 is 9.46 Å². The van der Waals surface area contributed by atoms with E-state index in [1.807, 2.05) is 48.5 Å². The van der Waals surface area contributed by atoms with Crippen molar-refractivity contribution >= 4 is 15.9 Å². The van der Waals surface area contributed by atoms with Gasteiger partial charge in [0.15, 0.2) is 6.61 Å². The first-order chi connectivity index (χ1) is 15.4. The Morgan fingerprint density at radius 2 is 1.62 bits per heavy atom. The molecule has 6 nitrogen and oxygen atoms in total. The van der Waals surface area contributed by atoms with Gasteiger partial charge in [0.25, 0.3) is 5.91 Å². The number of nitrogens with one attached hydrogen (secondary N) is 1. The summed E-state index contributed by atoms with van der Waals surface area (Å²) in [5.41, 5.74) is 3.33. The smallest absolute Gasteiger partial charge is 0.260 e. The molecular weight excluding hydrogens is 424 g/mol. The minimum absolute atomic E-state index is 0.0858. The molecule has 1 aliphatic rings. The van der Waals surface area contributed by atoms with Crippen LogP contribution in [0.4, 0.5) is 0 Å². The average Bonchev–Trinajstić information content (AvgIpc) is 2.82. The summed E-state index contributed by atoms with van der Waals surface area (Å²) in [6.45, 7) is 2.97. The summed E-state index contributed by atoms with van der Waals surface area (Å²) < 4.78 is 33.7. The molecule has 3 aromatic rings. The number of amides is 1. The van der Waals surface area contributed by atoms with Gasteiger partial charge in [0.05, 0.1) is 4.90 Å². The van der Waals surface area contributed by atoms with Crippen LogP contribution in [0.2, 0.25) is 0 Å². The number of sulfonamides is 1. The van der Waals surface area contributed by atoms with Crippen LogP contribution in [-0.2, 0) is 27.8 Å². The maximum absolute atomic E-state index is 12.7. The van der Waals surface area contributed by atoms with Crippen LogP contribution in [0.15, 0.2) is 83.8 Å². The molecule has 0 fully saturated rings.